The lowest BCUT2D eigenvalue weighted by Crippen LogP contribution is -2.33. The molecule has 3 aromatic rings. The van der Waals surface area contributed by atoms with Gasteiger partial charge in [0.05, 0.1) is 18.5 Å². The summed E-state index contributed by atoms with van der Waals surface area (Å²) in [4.78, 5) is 25.3. The minimum atomic E-state index is -0.380. The number of anilines is 1. The Morgan fingerprint density at radius 1 is 1.10 bits per heavy atom. The van der Waals surface area contributed by atoms with Crippen LogP contribution in [-0.4, -0.2) is 41.0 Å². The van der Waals surface area contributed by atoms with Crippen molar-refractivity contribution in [3.63, 3.8) is 0 Å². The summed E-state index contributed by atoms with van der Waals surface area (Å²) in [6.45, 7) is 0.645. The molecule has 1 aliphatic rings. The fourth-order valence-corrected chi connectivity index (χ4v) is 3.02. The lowest BCUT2D eigenvalue weighted by atomic mass is 10.0. The summed E-state index contributed by atoms with van der Waals surface area (Å²) < 4.78 is 6.02. The van der Waals surface area contributed by atoms with Crippen LogP contribution in [-0.2, 0) is 4.84 Å². The summed E-state index contributed by atoms with van der Waals surface area (Å²) in [5.41, 5.74) is 2.87. The molecule has 8 heteroatoms. The Bertz CT molecular complexity index is 1010. The lowest BCUT2D eigenvalue weighted by Gasteiger charge is -2.14. The van der Waals surface area contributed by atoms with Gasteiger partial charge in [0, 0.05) is 24.4 Å². The summed E-state index contributed by atoms with van der Waals surface area (Å²) in [5.74, 6) is 1.17. The number of rotatable bonds is 7. The number of hydrogen-bond acceptors (Lipinski definition) is 6. The Labute approximate surface area is 174 Å². The smallest absolute Gasteiger partial charge is 0.320 e. The van der Waals surface area contributed by atoms with Gasteiger partial charge in [-0.1, -0.05) is 53.7 Å². The highest BCUT2D eigenvalue weighted by Gasteiger charge is 2.22. The van der Waals surface area contributed by atoms with Crippen LogP contribution in [0.25, 0.3) is 11.1 Å². The maximum absolute atomic E-state index is 11.9. The molecule has 0 saturated heterocycles. The van der Waals surface area contributed by atoms with Crippen molar-refractivity contribution >= 4 is 17.6 Å². The molecule has 1 aliphatic heterocycles. The zero-order valence-corrected chi connectivity index (χ0v) is 16.2. The second kappa shape index (κ2) is 9.51. The number of urea groups is 1. The number of benzene rings is 2. The highest BCUT2D eigenvalue weighted by atomic mass is 16.7. The van der Waals surface area contributed by atoms with Crippen LogP contribution in [0.2, 0.25) is 0 Å². The molecule has 1 unspecified atom stereocenters. The third kappa shape index (κ3) is 5.11. The zero-order valence-electron chi connectivity index (χ0n) is 16.2. The van der Waals surface area contributed by atoms with E-state index in [1.54, 1.807) is 0 Å². The Balaban J connectivity index is 1.24. The molecule has 8 nitrogen and oxygen atoms in total. The summed E-state index contributed by atoms with van der Waals surface area (Å²) >= 11 is 0. The number of nitrogens with zero attached hydrogens (tertiary/aromatic N) is 3. The van der Waals surface area contributed by atoms with Crippen molar-refractivity contribution in [2.24, 2.45) is 5.16 Å². The average Bonchev–Trinajstić information content (AvgIpc) is 3.26. The molecular weight excluding hydrogens is 382 g/mol. The zero-order chi connectivity index (χ0) is 20.6. The van der Waals surface area contributed by atoms with Gasteiger partial charge in [0.25, 0.3) is 0 Å². The van der Waals surface area contributed by atoms with E-state index in [0.717, 1.165) is 22.6 Å². The minimum Gasteiger partial charge on any atom is -0.489 e. The molecule has 2 N–H and O–H groups in total. The van der Waals surface area contributed by atoms with E-state index in [1.807, 2.05) is 54.6 Å². The summed E-state index contributed by atoms with van der Waals surface area (Å²) in [5, 5.41) is 9.39. The number of hydrogen-bond donors (Lipinski definition) is 2. The predicted octanol–water partition coefficient (Wildman–Crippen LogP) is 3.49. The van der Waals surface area contributed by atoms with Gasteiger partial charge in [0.2, 0.25) is 0 Å². The Morgan fingerprint density at radius 3 is 2.77 bits per heavy atom. The fourth-order valence-electron chi connectivity index (χ4n) is 3.02. The maximum atomic E-state index is 11.9. The van der Waals surface area contributed by atoms with Gasteiger partial charge in [0.15, 0.2) is 11.9 Å². The summed E-state index contributed by atoms with van der Waals surface area (Å²) in [6, 6.07) is 17.6. The molecule has 0 spiro atoms. The molecule has 1 atom stereocenters. The van der Waals surface area contributed by atoms with Crippen LogP contribution in [0.1, 0.15) is 6.42 Å². The van der Waals surface area contributed by atoms with Gasteiger partial charge in [-0.15, -0.1) is 0 Å². The lowest BCUT2D eigenvalue weighted by molar-refractivity contribution is 0.0472. The van der Waals surface area contributed by atoms with E-state index in [1.165, 1.54) is 18.6 Å². The number of nitrogens with one attached hydrogen (secondary N) is 2. The monoisotopic (exact) mass is 403 g/mol. The SMILES string of the molecule is O=C(NCC1=NOC(COc2ccccc2-c2ccccc2)C1)Nc1cnccn1. The van der Waals surface area contributed by atoms with Crippen LogP contribution >= 0.6 is 0 Å². The summed E-state index contributed by atoms with van der Waals surface area (Å²) in [7, 11) is 0. The summed E-state index contributed by atoms with van der Waals surface area (Å²) in [6.07, 6.45) is 4.89. The molecule has 0 bridgehead atoms. The number of oxime groups is 1. The number of para-hydroxylation sites is 1. The largest absolute Gasteiger partial charge is 0.489 e. The standard InChI is InChI=1S/C22H21N5O3/c28-22(26-21-14-23-10-11-24-21)25-13-17-12-18(30-27-17)15-29-20-9-5-4-8-19(20)16-6-2-1-3-7-16/h1-11,14,18H,12-13,15H2,(H2,24,25,26,28). The molecule has 2 aromatic carbocycles. The van der Waals surface area contributed by atoms with Crippen LogP contribution in [0.5, 0.6) is 5.75 Å². The van der Waals surface area contributed by atoms with E-state index in [0.29, 0.717) is 18.8 Å². The van der Waals surface area contributed by atoms with Crippen LogP contribution in [0.3, 0.4) is 0 Å². The van der Waals surface area contributed by atoms with E-state index in [-0.39, 0.29) is 18.7 Å². The van der Waals surface area contributed by atoms with Gasteiger partial charge in [-0.25, -0.2) is 9.78 Å². The van der Waals surface area contributed by atoms with E-state index in [9.17, 15) is 4.79 Å². The van der Waals surface area contributed by atoms with Crippen molar-refractivity contribution in [2.75, 3.05) is 18.5 Å². The average molecular weight is 403 g/mol. The van der Waals surface area contributed by atoms with E-state index >= 15 is 0 Å². The molecule has 0 aliphatic carbocycles. The number of carbonyl (C=O) groups excluding carboxylic acids is 1. The molecule has 4 rings (SSSR count). The molecule has 0 saturated carbocycles. The first kappa shape index (κ1) is 19.4. The molecule has 152 valence electrons. The number of amides is 2. The van der Waals surface area contributed by atoms with Crippen LogP contribution in [0, 0.1) is 0 Å². The van der Waals surface area contributed by atoms with Crippen LogP contribution in [0.15, 0.2) is 78.3 Å². The maximum Gasteiger partial charge on any atom is 0.320 e. The normalized spacial score (nSPS) is 15.1. The Kier molecular flexibility index (Phi) is 6.14. The van der Waals surface area contributed by atoms with Gasteiger partial charge in [-0.05, 0) is 11.6 Å². The highest BCUT2D eigenvalue weighted by Crippen LogP contribution is 2.30. The first-order chi connectivity index (χ1) is 14.8. The molecule has 0 radical (unpaired) electrons. The quantitative estimate of drug-likeness (QED) is 0.629. The van der Waals surface area contributed by atoms with Gasteiger partial charge < -0.3 is 14.9 Å². The van der Waals surface area contributed by atoms with E-state index in [4.69, 9.17) is 9.57 Å². The van der Waals surface area contributed by atoms with Crippen LogP contribution < -0.4 is 15.4 Å². The third-order valence-electron chi connectivity index (χ3n) is 4.45. The van der Waals surface area contributed by atoms with Gasteiger partial charge in [0.1, 0.15) is 12.4 Å². The first-order valence-electron chi connectivity index (χ1n) is 9.57. The first-order valence-corrected chi connectivity index (χ1v) is 9.57. The third-order valence-corrected chi connectivity index (χ3v) is 4.45. The van der Waals surface area contributed by atoms with Crippen LogP contribution in [0.4, 0.5) is 10.6 Å². The fraction of sp³-hybridized carbons (Fsp3) is 0.182. The Hall–Kier alpha value is -3.94. The Morgan fingerprint density at radius 2 is 1.93 bits per heavy atom. The molecule has 30 heavy (non-hydrogen) atoms. The van der Waals surface area contributed by atoms with Gasteiger partial charge >= 0.3 is 6.03 Å². The molecule has 0 fully saturated rings. The molecule has 2 amide bonds. The molecular formula is C22H21N5O3. The van der Waals surface area contributed by atoms with Gasteiger partial charge in [-0.3, -0.25) is 10.3 Å². The van der Waals surface area contributed by atoms with Crippen molar-refractivity contribution in [3.05, 3.63) is 73.2 Å². The van der Waals surface area contributed by atoms with E-state index in [2.05, 4.69) is 25.8 Å². The van der Waals surface area contributed by atoms with Crippen molar-refractivity contribution < 1.29 is 14.4 Å². The second-order valence-electron chi connectivity index (χ2n) is 6.66. The molecule has 1 aromatic heterocycles. The van der Waals surface area contributed by atoms with Crippen molar-refractivity contribution in [1.82, 2.24) is 15.3 Å². The topological polar surface area (TPSA) is 97.7 Å². The number of aromatic nitrogens is 2. The van der Waals surface area contributed by atoms with Crippen molar-refractivity contribution in [2.45, 2.75) is 12.5 Å². The predicted molar refractivity (Wildman–Crippen MR) is 113 cm³/mol. The van der Waals surface area contributed by atoms with Crippen molar-refractivity contribution in [3.8, 4) is 16.9 Å². The molecule has 2 heterocycles. The van der Waals surface area contributed by atoms with Crippen molar-refractivity contribution in [1.29, 1.82) is 0 Å². The minimum absolute atomic E-state index is 0.200. The van der Waals surface area contributed by atoms with E-state index < -0.39 is 0 Å². The highest BCUT2D eigenvalue weighted by molar-refractivity contribution is 5.94. The second-order valence-corrected chi connectivity index (χ2v) is 6.66. The number of ether oxygens (including phenoxy) is 1. The number of carbonyl (C=O) groups is 1. The van der Waals surface area contributed by atoms with Gasteiger partial charge in [-0.2, -0.15) is 0 Å².